The summed E-state index contributed by atoms with van der Waals surface area (Å²) in [6.07, 6.45) is 5.05. The molecule has 5 heteroatoms. The number of rotatable bonds is 6. The molecule has 29 heavy (non-hydrogen) atoms. The molecule has 1 aliphatic rings. The molecule has 2 heterocycles. The first kappa shape index (κ1) is 19.6. The molecule has 1 aromatic heterocycles. The van der Waals surface area contributed by atoms with E-state index in [4.69, 9.17) is 4.74 Å². The van der Waals surface area contributed by atoms with Crippen LogP contribution in [0.2, 0.25) is 0 Å². The molecule has 0 N–H and O–H groups in total. The van der Waals surface area contributed by atoms with Crippen LogP contribution in [0.1, 0.15) is 37.1 Å². The summed E-state index contributed by atoms with van der Waals surface area (Å²) < 4.78 is 7.58. The first-order valence-electron chi connectivity index (χ1n) is 10.6. The predicted molar refractivity (Wildman–Crippen MR) is 117 cm³/mol. The van der Waals surface area contributed by atoms with Crippen LogP contribution in [0.25, 0.3) is 16.6 Å². The molecule has 1 aliphatic heterocycles. The van der Waals surface area contributed by atoms with Crippen LogP contribution < -0.4 is 10.3 Å². The molecule has 1 fully saturated rings. The smallest absolute Gasteiger partial charge is 0.266 e. The average Bonchev–Trinajstić information content (AvgIpc) is 2.73. The third-order valence-corrected chi connectivity index (χ3v) is 5.70. The molecule has 0 atom stereocenters. The monoisotopic (exact) mass is 391 g/mol. The summed E-state index contributed by atoms with van der Waals surface area (Å²) in [5.74, 6) is 1.52. The number of benzene rings is 2. The van der Waals surface area contributed by atoms with Gasteiger partial charge >= 0.3 is 0 Å². The summed E-state index contributed by atoms with van der Waals surface area (Å²) >= 11 is 0. The lowest BCUT2D eigenvalue weighted by Crippen LogP contribution is -2.31. The van der Waals surface area contributed by atoms with Crippen molar-refractivity contribution in [2.45, 2.75) is 39.5 Å². The molecule has 0 aliphatic carbocycles. The van der Waals surface area contributed by atoms with Crippen molar-refractivity contribution >= 4 is 10.9 Å². The largest absolute Gasteiger partial charge is 0.494 e. The van der Waals surface area contributed by atoms with Crippen LogP contribution in [0, 0.1) is 13.8 Å². The maximum Gasteiger partial charge on any atom is 0.266 e. The van der Waals surface area contributed by atoms with E-state index in [9.17, 15) is 4.79 Å². The van der Waals surface area contributed by atoms with E-state index >= 15 is 0 Å². The number of hydrogen-bond acceptors (Lipinski definition) is 4. The van der Waals surface area contributed by atoms with Crippen LogP contribution in [-0.2, 0) is 0 Å². The van der Waals surface area contributed by atoms with Crippen LogP contribution in [0.5, 0.6) is 5.75 Å². The Morgan fingerprint density at radius 3 is 2.52 bits per heavy atom. The molecule has 0 radical (unpaired) electrons. The molecule has 0 saturated carbocycles. The van der Waals surface area contributed by atoms with Gasteiger partial charge in [-0.2, -0.15) is 0 Å². The Hall–Kier alpha value is -2.66. The highest BCUT2D eigenvalue weighted by molar-refractivity contribution is 5.81. The van der Waals surface area contributed by atoms with Gasteiger partial charge in [-0.25, -0.2) is 4.98 Å². The van der Waals surface area contributed by atoms with E-state index in [1.807, 2.05) is 56.3 Å². The van der Waals surface area contributed by atoms with Gasteiger partial charge in [0.15, 0.2) is 0 Å². The van der Waals surface area contributed by atoms with Gasteiger partial charge in [0.25, 0.3) is 5.56 Å². The molecule has 1 saturated heterocycles. The van der Waals surface area contributed by atoms with Crippen LogP contribution in [0.4, 0.5) is 0 Å². The van der Waals surface area contributed by atoms with Gasteiger partial charge in [0.05, 0.1) is 23.2 Å². The summed E-state index contributed by atoms with van der Waals surface area (Å²) in [6, 6.07) is 13.5. The first-order chi connectivity index (χ1) is 14.1. The van der Waals surface area contributed by atoms with Crippen molar-refractivity contribution < 1.29 is 4.74 Å². The van der Waals surface area contributed by atoms with Crippen LogP contribution in [-0.4, -0.2) is 40.7 Å². The van der Waals surface area contributed by atoms with Crippen LogP contribution in [0.3, 0.4) is 0 Å². The molecule has 0 spiro atoms. The number of hydrogen-bond donors (Lipinski definition) is 0. The number of likely N-dealkylation sites (tertiary alicyclic amines) is 1. The van der Waals surface area contributed by atoms with E-state index in [2.05, 4.69) is 9.88 Å². The van der Waals surface area contributed by atoms with E-state index in [0.29, 0.717) is 17.8 Å². The quantitative estimate of drug-likeness (QED) is 0.589. The van der Waals surface area contributed by atoms with Gasteiger partial charge in [-0.1, -0.05) is 18.6 Å². The fourth-order valence-electron chi connectivity index (χ4n) is 4.16. The predicted octanol–water partition coefficient (Wildman–Crippen LogP) is 4.26. The van der Waals surface area contributed by atoms with Gasteiger partial charge in [-0.05, 0) is 82.1 Å². The van der Waals surface area contributed by atoms with Crippen LogP contribution in [0.15, 0.2) is 47.3 Å². The topological polar surface area (TPSA) is 47.4 Å². The second-order valence-electron chi connectivity index (χ2n) is 7.87. The van der Waals surface area contributed by atoms with Crippen molar-refractivity contribution in [3.8, 4) is 11.4 Å². The Kier molecular flexibility index (Phi) is 5.95. The van der Waals surface area contributed by atoms with Crippen molar-refractivity contribution in [2.75, 3.05) is 26.2 Å². The molecule has 2 aromatic carbocycles. The fraction of sp³-hybridized carbons (Fsp3) is 0.417. The minimum Gasteiger partial charge on any atom is -0.494 e. The van der Waals surface area contributed by atoms with Gasteiger partial charge in [-0.3, -0.25) is 9.36 Å². The van der Waals surface area contributed by atoms with Crippen molar-refractivity contribution in [1.29, 1.82) is 0 Å². The number of aromatic nitrogens is 2. The second kappa shape index (κ2) is 8.78. The fourth-order valence-corrected chi connectivity index (χ4v) is 4.16. The summed E-state index contributed by atoms with van der Waals surface area (Å²) in [7, 11) is 0. The van der Waals surface area contributed by atoms with Crippen molar-refractivity contribution in [3.05, 3.63) is 64.2 Å². The van der Waals surface area contributed by atoms with Gasteiger partial charge in [0.1, 0.15) is 11.6 Å². The van der Waals surface area contributed by atoms with Crippen molar-refractivity contribution in [2.24, 2.45) is 0 Å². The molecule has 4 rings (SSSR count). The van der Waals surface area contributed by atoms with Crippen molar-refractivity contribution in [1.82, 2.24) is 14.5 Å². The SMILES string of the molecule is Cc1cccc2nc(C)n(-c3ccc(OCCCN4CCCCC4)cc3)c(=O)c12. The normalized spacial score (nSPS) is 15.0. The lowest BCUT2D eigenvalue weighted by Gasteiger charge is -2.26. The number of ether oxygens (including phenoxy) is 1. The van der Waals surface area contributed by atoms with Gasteiger partial charge in [0.2, 0.25) is 0 Å². The van der Waals surface area contributed by atoms with E-state index in [0.717, 1.165) is 35.5 Å². The Balaban J connectivity index is 1.45. The van der Waals surface area contributed by atoms with Gasteiger partial charge in [0, 0.05) is 6.54 Å². The summed E-state index contributed by atoms with van der Waals surface area (Å²) in [4.78, 5) is 20.3. The Bertz CT molecular complexity index is 1030. The zero-order valence-electron chi connectivity index (χ0n) is 17.4. The zero-order valence-corrected chi connectivity index (χ0v) is 17.4. The van der Waals surface area contributed by atoms with E-state index < -0.39 is 0 Å². The van der Waals surface area contributed by atoms with E-state index in [-0.39, 0.29) is 5.56 Å². The highest BCUT2D eigenvalue weighted by Crippen LogP contribution is 2.18. The summed E-state index contributed by atoms with van der Waals surface area (Å²) in [6.45, 7) is 8.09. The molecule has 0 unspecified atom stereocenters. The number of fused-ring (bicyclic) bond motifs is 1. The molecule has 3 aromatic rings. The maximum absolute atomic E-state index is 13.1. The third kappa shape index (κ3) is 4.35. The average molecular weight is 392 g/mol. The molecular weight excluding hydrogens is 362 g/mol. The standard InChI is InChI=1S/C24H29N3O2/c1-18-8-6-9-22-23(18)24(28)27(19(2)25-22)20-10-12-21(13-11-20)29-17-7-16-26-14-4-3-5-15-26/h6,8-13H,3-5,7,14-17H2,1-2H3. The lowest BCUT2D eigenvalue weighted by atomic mass is 10.1. The summed E-state index contributed by atoms with van der Waals surface area (Å²) in [5.41, 5.74) is 2.48. The number of piperidine rings is 1. The molecule has 5 nitrogen and oxygen atoms in total. The van der Waals surface area contributed by atoms with Crippen molar-refractivity contribution in [3.63, 3.8) is 0 Å². The number of aryl methyl sites for hydroxylation is 2. The Morgan fingerprint density at radius 1 is 1.00 bits per heavy atom. The van der Waals surface area contributed by atoms with Crippen LogP contribution >= 0.6 is 0 Å². The minimum absolute atomic E-state index is 0.0270. The molecule has 152 valence electrons. The molecule has 0 bridgehead atoms. The maximum atomic E-state index is 13.1. The zero-order chi connectivity index (χ0) is 20.2. The highest BCUT2D eigenvalue weighted by atomic mass is 16.5. The van der Waals surface area contributed by atoms with Gasteiger partial charge < -0.3 is 9.64 Å². The second-order valence-corrected chi connectivity index (χ2v) is 7.87. The molecule has 0 amide bonds. The minimum atomic E-state index is -0.0270. The Morgan fingerprint density at radius 2 is 1.76 bits per heavy atom. The highest BCUT2D eigenvalue weighted by Gasteiger charge is 2.12. The molecular formula is C24H29N3O2. The first-order valence-corrected chi connectivity index (χ1v) is 10.6. The summed E-state index contributed by atoms with van der Waals surface area (Å²) in [5, 5.41) is 0.677. The third-order valence-electron chi connectivity index (χ3n) is 5.70. The Labute approximate surface area is 171 Å². The van der Waals surface area contributed by atoms with Gasteiger partial charge in [-0.15, -0.1) is 0 Å². The van der Waals surface area contributed by atoms with E-state index in [1.165, 1.54) is 32.4 Å². The lowest BCUT2D eigenvalue weighted by molar-refractivity contribution is 0.205. The van der Waals surface area contributed by atoms with E-state index in [1.54, 1.807) is 4.57 Å². The number of nitrogens with zero attached hydrogens (tertiary/aromatic N) is 3.